The second-order valence-corrected chi connectivity index (χ2v) is 5.02. The van der Waals surface area contributed by atoms with E-state index in [2.05, 4.69) is 40.0 Å². The third-order valence-electron chi connectivity index (χ3n) is 2.89. The number of hydrogen-bond acceptors (Lipinski definition) is 3. The number of benzene rings is 1. The fourth-order valence-corrected chi connectivity index (χ4v) is 2.73. The molecule has 3 nitrogen and oxygen atoms in total. The average Bonchev–Trinajstić information content (AvgIpc) is 2.95. The third-order valence-corrected chi connectivity index (χ3v) is 3.92. The fourth-order valence-electron chi connectivity index (χ4n) is 1.88. The van der Waals surface area contributed by atoms with E-state index in [-0.39, 0.29) is 0 Å². The van der Waals surface area contributed by atoms with E-state index >= 15 is 0 Å². The molecule has 0 fully saturated rings. The van der Waals surface area contributed by atoms with Crippen molar-refractivity contribution in [2.75, 3.05) is 5.32 Å². The Bertz CT molecular complexity index is 639. The zero-order valence-electron chi connectivity index (χ0n) is 9.53. The molecular formula is C13H13N3S. The first-order chi connectivity index (χ1) is 8.34. The summed E-state index contributed by atoms with van der Waals surface area (Å²) in [6.45, 7) is 3.01. The Kier molecular flexibility index (Phi) is 2.57. The number of rotatable bonds is 3. The van der Waals surface area contributed by atoms with Crippen LogP contribution in [0.15, 0.2) is 35.8 Å². The lowest BCUT2D eigenvalue weighted by Gasteiger charge is -2.06. The average molecular weight is 243 g/mol. The molecule has 0 aliphatic rings. The van der Waals surface area contributed by atoms with Gasteiger partial charge in [0.15, 0.2) is 0 Å². The molecule has 0 saturated heterocycles. The van der Waals surface area contributed by atoms with Crippen molar-refractivity contribution in [3.63, 3.8) is 0 Å². The van der Waals surface area contributed by atoms with Gasteiger partial charge in [0.1, 0.15) is 0 Å². The van der Waals surface area contributed by atoms with Crippen molar-refractivity contribution in [2.24, 2.45) is 0 Å². The third kappa shape index (κ3) is 1.91. The lowest BCUT2D eigenvalue weighted by molar-refractivity contribution is 1.12. The number of hydrogen-bond donors (Lipinski definition) is 2. The molecule has 0 bridgehead atoms. The van der Waals surface area contributed by atoms with Gasteiger partial charge in [-0.05, 0) is 36.1 Å². The second kappa shape index (κ2) is 4.22. The highest BCUT2D eigenvalue weighted by Crippen LogP contribution is 2.23. The van der Waals surface area contributed by atoms with E-state index in [1.54, 1.807) is 11.3 Å². The van der Waals surface area contributed by atoms with Gasteiger partial charge < -0.3 is 5.32 Å². The predicted molar refractivity (Wildman–Crippen MR) is 72.5 cm³/mol. The maximum absolute atomic E-state index is 4.06. The quantitative estimate of drug-likeness (QED) is 0.738. The zero-order chi connectivity index (χ0) is 11.7. The highest BCUT2D eigenvalue weighted by atomic mass is 32.1. The minimum Gasteiger partial charge on any atom is -0.380 e. The summed E-state index contributed by atoms with van der Waals surface area (Å²) in [7, 11) is 0. The second-order valence-electron chi connectivity index (χ2n) is 4.02. The van der Waals surface area contributed by atoms with E-state index in [1.807, 2.05) is 18.3 Å². The van der Waals surface area contributed by atoms with Crippen LogP contribution in [0.4, 0.5) is 5.69 Å². The molecule has 0 aliphatic carbocycles. The number of H-pyrrole nitrogens is 1. The van der Waals surface area contributed by atoms with Gasteiger partial charge in [0, 0.05) is 22.5 Å². The SMILES string of the molecule is Cc1ccsc1CNc1cccc2[nH]ncc12. The molecule has 0 aliphatic heterocycles. The first-order valence-corrected chi connectivity index (χ1v) is 6.41. The smallest absolute Gasteiger partial charge is 0.0671 e. The van der Waals surface area contributed by atoms with E-state index in [9.17, 15) is 0 Å². The molecule has 0 amide bonds. The molecule has 3 aromatic rings. The van der Waals surface area contributed by atoms with Gasteiger partial charge in [0.05, 0.1) is 11.7 Å². The first-order valence-electron chi connectivity index (χ1n) is 5.53. The summed E-state index contributed by atoms with van der Waals surface area (Å²) in [6.07, 6.45) is 1.86. The first kappa shape index (κ1) is 10.4. The van der Waals surface area contributed by atoms with Gasteiger partial charge in [-0.2, -0.15) is 5.10 Å². The lowest BCUT2D eigenvalue weighted by Crippen LogP contribution is -1.98. The van der Waals surface area contributed by atoms with E-state index < -0.39 is 0 Å². The highest BCUT2D eigenvalue weighted by Gasteiger charge is 2.03. The molecule has 1 aromatic carbocycles. The molecule has 86 valence electrons. The normalized spacial score (nSPS) is 10.9. The number of fused-ring (bicyclic) bond motifs is 1. The topological polar surface area (TPSA) is 40.7 Å². The minimum absolute atomic E-state index is 0.869. The summed E-state index contributed by atoms with van der Waals surface area (Å²) < 4.78 is 0. The van der Waals surface area contributed by atoms with Gasteiger partial charge >= 0.3 is 0 Å². The van der Waals surface area contributed by atoms with Crippen LogP contribution in [0, 0.1) is 6.92 Å². The van der Waals surface area contributed by atoms with Crippen LogP contribution < -0.4 is 5.32 Å². The van der Waals surface area contributed by atoms with Crippen molar-refractivity contribution in [3.05, 3.63) is 46.3 Å². The maximum atomic E-state index is 4.06. The van der Waals surface area contributed by atoms with Gasteiger partial charge in [-0.25, -0.2) is 0 Å². The Labute approximate surface area is 103 Å². The summed E-state index contributed by atoms with van der Waals surface area (Å²) in [4.78, 5) is 1.38. The molecular weight excluding hydrogens is 230 g/mol. The molecule has 2 heterocycles. The van der Waals surface area contributed by atoms with Crippen molar-refractivity contribution in [1.82, 2.24) is 10.2 Å². The standard InChI is InChI=1S/C13H13N3S/c1-9-5-6-17-13(9)8-14-11-3-2-4-12-10(11)7-15-16-12/h2-7,14H,8H2,1H3,(H,15,16). The van der Waals surface area contributed by atoms with Crippen LogP contribution in [-0.4, -0.2) is 10.2 Å². The van der Waals surface area contributed by atoms with Gasteiger partial charge in [-0.1, -0.05) is 6.07 Å². The highest BCUT2D eigenvalue weighted by molar-refractivity contribution is 7.10. The van der Waals surface area contributed by atoms with Crippen LogP contribution in [0.3, 0.4) is 0 Å². The van der Waals surface area contributed by atoms with Crippen LogP contribution in [-0.2, 0) is 6.54 Å². The lowest BCUT2D eigenvalue weighted by atomic mass is 10.2. The van der Waals surface area contributed by atoms with Crippen molar-refractivity contribution >= 4 is 27.9 Å². The van der Waals surface area contributed by atoms with Gasteiger partial charge in [-0.15, -0.1) is 11.3 Å². The molecule has 0 radical (unpaired) electrons. The van der Waals surface area contributed by atoms with Crippen molar-refractivity contribution in [1.29, 1.82) is 0 Å². The summed E-state index contributed by atoms with van der Waals surface area (Å²) in [6, 6.07) is 8.30. The van der Waals surface area contributed by atoms with Crippen molar-refractivity contribution in [2.45, 2.75) is 13.5 Å². The van der Waals surface area contributed by atoms with E-state index in [0.29, 0.717) is 0 Å². The summed E-state index contributed by atoms with van der Waals surface area (Å²) in [5, 5.41) is 13.8. The molecule has 2 aromatic heterocycles. The summed E-state index contributed by atoms with van der Waals surface area (Å²) >= 11 is 1.79. The number of aryl methyl sites for hydroxylation is 1. The van der Waals surface area contributed by atoms with Crippen molar-refractivity contribution < 1.29 is 0 Å². The van der Waals surface area contributed by atoms with E-state index in [4.69, 9.17) is 0 Å². The Morgan fingerprint density at radius 1 is 1.35 bits per heavy atom. The maximum Gasteiger partial charge on any atom is 0.0671 e. The Morgan fingerprint density at radius 2 is 2.29 bits per heavy atom. The molecule has 17 heavy (non-hydrogen) atoms. The largest absolute Gasteiger partial charge is 0.380 e. The Balaban J connectivity index is 1.86. The Hall–Kier alpha value is -1.81. The Morgan fingerprint density at radius 3 is 3.12 bits per heavy atom. The number of aromatic amines is 1. The van der Waals surface area contributed by atoms with Crippen molar-refractivity contribution in [3.8, 4) is 0 Å². The van der Waals surface area contributed by atoms with E-state index in [0.717, 1.165) is 23.1 Å². The van der Waals surface area contributed by atoms with Gasteiger partial charge in [0.2, 0.25) is 0 Å². The van der Waals surface area contributed by atoms with Crippen LogP contribution in [0.5, 0.6) is 0 Å². The molecule has 2 N–H and O–H groups in total. The van der Waals surface area contributed by atoms with Crippen LogP contribution in [0.1, 0.15) is 10.4 Å². The number of aromatic nitrogens is 2. The number of nitrogens with one attached hydrogen (secondary N) is 2. The number of nitrogens with zero attached hydrogens (tertiary/aromatic N) is 1. The minimum atomic E-state index is 0.869. The molecule has 0 unspecified atom stereocenters. The molecule has 4 heteroatoms. The zero-order valence-corrected chi connectivity index (χ0v) is 10.3. The molecule has 0 saturated carbocycles. The monoisotopic (exact) mass is 243 g/mol. The van der Waals surface area contributed by atoms with Crippen LogP contribution in [0.2, 0.25) is 0 Å². The van der Waals surface area contributed by atoms with Crippen LogP contribution in [0.25, 0.3) is 10.9 Å². The molecule has 0 atom stereocenters. The van der Waals surface area contributed by atoms with E-state index in [1.165, 1.54) is 10.4 Å². The number of anilines is 1. The van der Waals surface area contributed by atoms with Gasteiger partial charge in [0.25, 0.3) is 0 Å². The number of thiophene rings is 1. The molecule has 3 rings (SSSR count). The predicted octanol–water partition coefficient (Wildman–Crippen LogP) is 3.54. The van der Waals surface area contributed by atoms with Crippen LogP contribution >= 0.6 is 11.3 Å². The summed E-state index contributed by atoms with van der Waals surface area (Å²) in [5.74, 6) is 0. The fraction of sp³-hybridized carbons (Fsp3) is 0.154. The summed E-state index contributed by atoms with van der Waals surface area (Å²) in [5.41, 5.74) is 3.55. The molecule has 0 spiro atoms. The van der Waals surface area contributed by atoms with Gasteiger partial charge in [-0.3, -0.25) is 5.10 Å².